The predicted octanol–water partition coefficient (Wildman–Crippen LogP) is 7.07. The van der Waals surface area contributed by atoms with Gasteiger partial charge in [-0.3, -0.25) is 9.89 Å². The van der Waals surface area contributed by atoms with Crippen LogP contribution in [0, 0.1) is 32.3 Å². The van der Waals surface area contributed by atoms with Crippen LogP contribution in [0.1, 0.15) is 94.0 Å². The van der Waals surface area contributed by atoms with Crippen LogP contribution in [0.5, 0.6) is 11.6 Å². The molecule has 0 radical (unpaired) electrons. The Hall–Kier alpha value is -5.25. The zero-order valence-corrected chi connectivity index (χ0v) is 31.2. The number of aryl methyl sites for hydroxylation is 2. The van der Waals surface area contributed by atoms with Gasteiger partial charge in [-0.05, 0) is 76.5 Å². The number of hydrogen-bond donors (Lipinski definition) is 2. The standard InChI is InChI=1S/C39H48N6O7/c1-10-39(52-27-17-16-22(4)20-25(27)7)36(47)42-38(39)19-18-28(49-9)26(21-38)32-41-33-29(35(46)50-31-23(5)14-13-15-24(31)6)30(40-8)34(45(33)43-32)51-37(48)44(11-2)12-3/h16-20,23-24,31H,10-15,21H2,1-7,9H3,(H,41,43)(H,42,47). The number of carbonyl (C=O) groups is 3. The molecule has 3 aliphatic rings. The molecule has 13 nitrogen and oxygen atoms in total. The summed E-state index contributed by atoms with van der Waals surface area (Å²) in [6.07, 6.45) is 6.14. The third kappa shape index (κ3) is 5.87. The summed E-state index contributed by atoms with van der Waals surface area (Å²) in [4.78, 5) is 50.9. The first-order valence-corrected chi connectivity index (χ1v) is 18.1. The Labute approximate surface area is 304 Å². The highest BCUT2D eigenvalue weighted by Gasteiger charge is 2.67. The quantitative estimate of drug-likeness (QED) is 0.129. The minimum Gasteiger partial charge on any atom is -0.496 e. The second-order valence-corrected chi connectivity index (χ2v) is 14.2. The Bertz CT molecular complexity index is 2010. The fourth-order valence-corrected chi connectivity index (χ4v) is 8.02. The monoisotopic (exact) mass is 712 g/mol. The number of carbonyl (C=O) groups excluding carboxylic acids is 3. The summed E-state index contributed by atoms with van der Waals surface area (Å²) in [5.41, 5.74) is 0.165. The number of H-pyrrole nitrogens is 1. The lowest BCUT2D eigenvalue weighted by molar-refractivity contribution is -0.164. The lowest BCUT2D eigenvalue weighted by atomic mass is 9.64. The molecule has 2 aliphatic carbocycles. The number of rotatable bonds is 10. The highest BCUT2D eigenvalue weighted by Crippen LogP contribution is 2.49. The minimum atomic E-state index is -1.24. The first-order valence-electron chi connectivity index (χ1n) is 18.1. The van der Waals surface area contributed by atoms with Gasteiger partial charge in [0.25, 0.3) is 11.6 Å². The van der Waals surface area contributed by atoms with E-state index in [9.17, 15) is 14.4 Å². The molecule has 3 aromatic rings. The van der Waals surface area contributed by atoms with Crippen molar-refractivity contribution >= 4 is 34.9 Å². The molecule has 13 heteroatoms. The summed E-state index contributed by atoms with van der Waals surface area (Å²) in [6.45, 7) is 22.5. The number of methoxy groups -OCH3 is 1. The zero-order valence-electron chi connectivity index (χ0n) is 31.2. The van der Waals surface area contributed by atoms with E-state index in [1.54, 1.807) is 6.08 Å². The summed E-state index contributed by atoms with van der Waals surface area (Å²) in [6, 6.07) is 5.84. The van der Waals surface area contributed by atoms with Crippen molar-refractivity contribution < 1.29 is 33.3 Å². The van der Waals surface area contributed by atoms with Crippen molar-refractivity contribution in [2.45, 2.75) is 97.8 Å². The Kier molecular flexibility index (Phi) is 9.87. The van der Waals surface area contributed by atoms with Gasteiger partial charge >= 0.3 is 12.1 Å². The molecular weight excluding hydrogens is 664 g/mol. The van der Waals surface area contributed by atoms with Crippen molar-refractivity contribution in [3.8, 4) is 11.6 Å². The van der Waals surface area contributed by atoms with Gasteiger partial charge in [-0.2, -0.15) is 0 Å². The molecule has 4 atom stereocenters. The molecule has 276 valence electrons. The Morgan fingerprint density at radius 1 is 1.13 bits per heavy atom. The van der Waals surface area contributed by atoms with Crippen LogP contribution in [-0.2, 0) is 14.3 Å². The Morgan fingerprint density at radius 3 is 2.44 bits per heavy atom. The number of hydrogen-bond acceptors (Lipinski definition) is 8. The van der Waals surface area contributed by atoms with E-state index in [0.717, 1.165) is 30.4 Å². The normalized spacial score (nSPS) is 25.4. The number of allylic oxidation sites excluding steroid dienone is 1. The van der Waals surface area contributed by atoms with Crippen molar-refractivity contribution in [1.82, 2.24) is 24.8 Å². The lowest BCUT2D eigenvalue weighted by Gasteiger charge is -2.57. The maximum absolute atomic E-state index is 14.1. The van der Waals surface area contributed by atoms with Gasteiger partial charge in [0.05, 0.1) is 13.7 Å². The van der Waals surface area contributed by atoms with Gasteiger partial charge in [-0.1, -0.05) is 51.0 Å². The Morgan fingerprint density at radius 2 is 1.85 bits per heavy atom. The van der Waals surface area contributed by atoms with Crippen molar-refractivity contribution in [2.24, 2.45) is 11.8 Å². The summed E-state index contributed by atoms with van der Waals surface area (Å²) >= 11 is 0. The van der Waals surface area contributed by atoms with E-state index >= 15 is 0 Å². The van der Waals surface area contributed by atoms with Crippen LogP contribution in [-0.4, -0.2) is 74.9 Å². The zero-order chi connectivity index (χ0) is 37.5. The second-order valence-electron chi connectivity index (χ2n) is 14.2. The number of β-lactam (4-membered cyclic amide) rings is 1. The van der Waals surface area contributed by atoms with Gasteiger partial charge in [-0.25, -0.2) is 23.9 Å². The highest BCUT2D eigenvalue weighted by molar-refractivity contribution is 6.05. The van der Waals surface area contributed by atoms with Crippen LogP contribution in [0.25, 0.3) is 16.1 Å². The van der Waals surface area contributed by atoms with Crippen molar-refractivity contribution in [3.05, 3.63) is 70.0 Å². The largest absolute Gasteiger partial charge is 0.496 e. The number of ether oxygens (including phenoxy) is 4. The second kappa shape index (κ2) is 14.1. The van der Waals surface area contributed by atoms with Gasteiger partial charge in [-0.15, -0.1) is 0 Å². The molecule has 1 aromatic carbocycles. The molecule has 2 aromatic heterocycles. The third-order valence-electron chi connectivity index (χ3n) is 11.0. The topological polar surface area (TPSA) is 141 Å². The van der Waals surface area contributed by atoms with E-state index in [1.165, 1.54) is 16.5 Å². The van der Waals surface area contributed by atoms with Crippen LogP contribution in [0.2, 0.25) is 0 Å². The molecule has 0 bridgehead atoms. The van der Waals surface area contributed by atoms with E-state index in [1.807, 2.05) is 58.9 Å². The van der Waals surface area contributed by atoms with Gasteiger partial charge in [0, 0.05) is 25.1 Å². The first kappa shape index (κ1) is 36.5. The minimum absolute atomic E-state index is 0.0712. The van der Waals surface area contributed by atoms with Crippen LogP contribution < -0.4 is 14.8 Å². The number of benzene rings is 1. The van der Waals surface area contributed by atoms with E-state index in [0.29, 0.717) is 42.4 Å². The number of esters is 1. The van der Waals surface area contributed by atoms with Gasteiger partial charge in [0.15, 0.2) is 11.5 Å². The molecule has 52 heavy (non-hydrogen) atoms. The number of aromatic nitrogens is 3. The molecule has 2 fully saturated rings. The molecule has 3 heterocycles. The van der Waals surface area contributed by atoms with Crippen molar-refractivity contribution in [3.63, 3.8) is 0 Å². The number of fused-ring (bicyclic) bond motifs is 1. The summed E-state index contributed by atoms with van der Waals surface area (Å²) < 4.78 is 25.8. The number of nitrogens with one attached hydrogen (secondary N) is 2. The molecule has 2 N–H and O–H groups in total. The molecule has 1 aliphatic heterocycles. The van der Waals surface area contributed by atoms with E-state index in [2.05, 4.69) is 29.1 Å². The molecule has 1 saturated carbocycles. The lowest BCUT2D eigenvalue weighted by Crippen LogP contribution is -2.83. The van der Waals surface area contributed by atoms with E-state index in [4.69, 9.17) is 30.5 Å². The number of nitrogens with zero attached hydrogens (tertiary/aromatic N) is 4. The molecule has 4 unspecified atom stereocenters. The molecule has 1 spiro atoms. The predicted molar refractivity (Wildman–Crippen MR) is 194 cm³/mol. The fourth-order valence-electron chi connectivity index (χ4n) is 8.02. The SMILES string of the molecule is [C-]#[N+]c1c(C(=O)OC2C(C)CCCC2C)c2nc(C3=C(OC)C=CC4(C3)NC(=O)C4(CC)Oc3ccc(C)cc3C)[nH]n2c1OC(=O)N(CC)CC. The van der Waals surface area contributed by atoms with Gasteiger partial charge < -0.3 is 29.2 Å². The Balaban J connectivity index is 1.45. The molecule has 2 amide bonds. The first-order chi connectivity index (χ1) is 24.9. The summed E-state index contributed by atoms with van der Waals surface area (Å²) in [5.74, 6) is 0.530. The van der Waals surface area contributed by atoms with Crippen molar-refractivity contribution in [2.75, 3.05) is 20.2 Å². The average molecular weight is 713 g/mol. The van der Waals surface area contributed by atoms with Gasteiger partial charge in [0.1, 0.15) is 28.7 Å². The molecule has 6 rings (SSSR count). The molecular formula is C39H48N6O7. The van der Waals surface area contributed by atoms with Crippen molar-refractivity contribution in [1.29, 1.82) is 0 Å². The van der Waals surface area contributed by atoms with E-state index in [-0.39, 0.29) is 53.0 Å². The summed E-state index contributed by atoms with van der Waals surface area (Å²) in [5, 5.41) is 6.30. The number of amides is 2. The number of aromatic amines is 1. The van der Waals surface area contributed by atoms with Gasteiger partial charge in [0.2, 0.25) is 11.5 Å². The van der Waals surface area contributed by atoms with Crippen LogP contribution in [0.4, 0.5) is 10.5 Å². The van der Waals surface area contributed by atoms with E-state index < -0.39 is 23.2 Å². The fraction of sp³-hybridized carbons (Fsp3) is 0.513. The smallest absolute Gasteiger partial charge is 0.415 e. The third-order valence-corrected chi connectivity index (χ3v) is 11.0. The molecule has 1 saturated heterocycles. The maximum atomic E-state index is 14.1. The summed E-state index contributed by atoms with van der Waals surface area (Å²) in [7, 11) is 1.54. The maximum Gasteiger partial charge on any atom is 0.415 e. The van der Waals surface area contributed by atoms with Crippen LogP contribution in [0.3, 0.4) is 0 Å². The van der Waals surface area contributed by atoms with Crippen LogP contribution >= 0.6 is 0 Å². The highest BCUT2D eigenvalue weighted by atomic mass is 16.6. The average Bonchev–Trinajstić information content (AvgIpc) is 3.67. The van der Waals surface area contributed by atoms with Crippen LogP contribution in [0.15, 0.2) is 36.1 Å².